The molecule has 2 aromatic carbocycles. The predicted molar refractivity (Wildman–Crippen MR) is 86.0 cm³/mol. The lowest BCUT2D eigenvalue weighted by molar-refractivity contribution is -0.144. The molecule has 0 heterocycles. The van der Waals surface area contributed by atoms with Crippen LogP contribution in [0.15, 0.2) is 48.5 Å². The van der Waals surface area contributed by atoms with Gasteiger partial charge in [0.15, 0.2) is 0 Å². The number of rotatable bonds is 6. The van der Waals surface area contributed by atoms with Crippen molar-refractivity contribution in [1.82, 2.24) is 0 Å². The van der Waals surface area contributed by atoms with Crippen LogP contribution in [0.3, 0.4) is 0 Å². The zero-order valence-corrected chi connectivity index (χ0v) is 12.9. The highest BCUT2D eigenvalue weighted by atomic mass is 16.5. The Morgan fingerprint density at radius 2 is 1.86 bits per heavy atom. The van der Waals surface area contributed by atoms with Gasteiger partial charge in [-0.3, -0.25) is 4.79 Å². The van der Waals surface area contributed by atoms with Crippen molar-refractivity contribution in [3.05, 3.63) is 59.7 Å². The Bertz CT molecular complexity index is 622. The Kier molecular flexibility index (Phi) is 5.55. The zero-order valence-electron chi connectivity index (χ0n) is 12.9. The molecule has 22 heavy (non-hydrogen) atoms. The third-order valence-electron chi connectivity index (χ3n) is 3.20. The first-order valence-electron chi connectivity index (χ1n) is 7.34. The highest BCUT2D eigenvalue weighted by molar-refractivity contribution is 5.75. The Morgan fingerprint density at radius 1 is 1.14 bits per heavy atom. The van der Waals surface area contributed by atoms with Crippen LogP contribution in [0.25, 0.3) is 0 Å². The van der Waals surface area contributed by atoms with Crippen LogP contribution in [0, 0.1) is 6.92 Å². The summed E-state index contributed by atoms with van der Waals surface area (Å²) in [5.41, 5.74) is 7.96. The van der Waals surface area contributed by atoms with Gasteiger partial charge in [0.2, 0.25) is 0 Å². The van der Waals surface area contributed by atoms with Crippen molar-refractivity contribution in [1.29, 1.82) is 0 Å². The van der Waals surface area contributed by atoms with Gasteiger partial charge >= 0.3 is 5.97 Å². The van der Waals surface area contributed by atoms with Crippen molar-refractivity contribution in [3.63, 3.8) is 0 Å². The van der Waals surface area contributed by atoms with Gasteiger partial charge in [0.05, 0.1) is 6.61 Å². The van der Waals surface area contributed by atoms with Crippen molar-refractivity contribution in [3.8, 4) is 11.5 Å². The van der Waals surface area contributed by atoms with Crippen molar-refractivity contribution in [2.24, 2.45) is 5.73 Å². The van der Waals surface area contributed by atoms with Gasteiger partial charge in [0.1, 0.15) is 17.5 Å². The van der Waals surface area contributed by atoms with Gasteiger partial charge in [0, 0.05) is 0 Å². The molecule has 0 aliphatic carbocycles. The molecule has 0 aliphatic heterocycles. The molecule has 0 saturated heterocycles. The summed E-state index contributed by atoms with van der Waals surface area (Å²) in [6, 6.07) is 14.7. The van der Waals surface area contributed by atoms with Crippen LogP contribution < -0.4 is 10.5 Å². The molecule has 2 N–H and O–H groups in total. The highest BCUT2D eigenvalue weighted by Gasteiger charge is 2.15. The van der Waals surface area contributed by atoms with Gasteiger partial charge in [-0.15, -0.1) is 0 Å². The molecule has 2 aromatic rings. The van der Waals surface area contributed by atoms with E-state index in [-0.39, 0.29) is 5.97 Å². The summed E-state index contributed by atoms with van der Waals surface area (Å²) in [6.07, 6.45) is 0.421. The van der Waals surface area contributed by atoms with E-state index in [9.17, 15) is 4.79 Å². The molecule has 0 amide bonds. The Labute approximate surface area is 130 Å². The standard InChI is InChI=1S/C18H21NO3/c1-3-21-18(20)17(19)12-14-5-4-6-16(11-14)22-15-9-7-13(2)8-10-15/h4-11,17H,3,12,19H2,1-2H3. The zero-order chi connectivity index (χ0) is 15.9. The third-order valence-corrected chi connectivity index (χ3v) is 3.20. The number of aryl methyl sites for hydroxylation is 1. The molecular weight excluding hydrogens is 278 g/mol. The topological polar surface area (TPSA) is 61.5 Å². The van der Waals surface area contributed by atoms with E-state index in [1.165, 1.54) is 5.56 Å². The van der Waals surface area contributed by atoms with Gasteiger partial charge in [0.25, 0.3) is 0 Å². The summed E-state index contributed by atoms with van der Waals surface area (Å²) in [5, 5.41) is 0. The predicted octanol–water partition coefficient (Wildman–Crippen LogP) is 3.22. The third kappa shape index (κ3) is 4.60. The van der Waals surface area contributed by atoms with Gasteiger partial charge < -0.3 is 15.2 Å². The number of hydrogen-bond acceptors (Lipinski definition) is 4. The van der Waals surface area contributed by atoms with Crippen LogP contribution >= 0.6 is 0 Å². The monoisotopic (exact) mass is 299 g/mol. The average molecular weight is 299 g/mol. The van der Waals surface area contributed by atoms with Crippen LogP contribution in [0.5, 0.6) is 11.5 Å². The van der Waals surface area contributed by atoms with Crippen molar-refractivity contribution in [2.75, 3.05) is 6.61 Å². The summed E-state index contributed by atoms with van der Waals surface area (Å²) in [6.45, 7) is 4.13. The van der Waals surface area contributed by atoms with E-state index in [4.69, 9.17) is 15.2 Å². The number of benzene rings is 2. The number of esters is 1. The molecule has 0 radical (unpaired) electrons. The van der Waals surface area contributed by atoms with Crippen molar-refractivity contribution < 1.29 is 14.3 Å². The first-order chi connectivity index (χ1) is 10.6. The van der Waals surface area contributed by atoms with E-state index < -0.39 is 6.04 Å². The second-order valence-corrected chi connectivity index (χ2v) is 5.13. The lowest BCUT2D eigenvalue weighted by atomic mass is 10.1. The minimum absolute atomic E-state index is 0.336. The SMILES string of the molecule is CCOC(=O)C(N)Cc1cccc(Oc2ccc(C)cc2)c1. The van der Waals surface area contributed by atoms with E-state index in [0.717, 1.165) is 17.1 Å². The molecule has 0 aromatic heterocycles. The first kappa shape index (κ1) is 16.0. The van der Waals surface area contributed by atoms with Crippen LogP contribution in [0.4, 0.5) is 0 Å². The summed E-state index contributed by atoms with van der Waals surface area (Å²) in [5.74, 6) is 1.11. The number of carbonyl (C=O) groups is 1. The molecule has 0 bridgehead atoms. The van der Waals surface area contributed by atoms with Crippen molar-refractivity contribution in [2.45, 2.75) is 26.3 Å². The van der Waals surface area contributed by atoms with Gasteiger partial charge in [-0.25, -0.2) is 0 Å². The van der Waals surface area contributed by atoms with E-state index in [2.05, 4.69) is 0 Å². The molecule has 4 heteroatoms. The second-order valence-electron chi connectivity index (χ2n) is 5.13. The van der Waals surface area contributed by atoms with Gasteiger partial charge in [-0.1, -0.05) is 29.8 Å². The molecule has 116 valence electrons. The quantitative estimate of drug-likeness (QED) is 0.832. The molecule has 4 nitrogen and oxygen atoms in total. The van der Waals surface area contributed by atoms with E-state index >= 15 is 0 Å². The Balaban J connectivity index is 2.03. The Morgan fingerprint density at radius 3 is 2.55 bits per heavy atom. The van der Waals surface area contributed by atoms with E-state index in [1.54, 1.807) is 6.92 Å². The van der Waals surface area contributed by atoms with Gasteiger partial charge in [-0.2, -0.15) is 0 Å². The molecule has 0 spiro atoms. The smallest absolute Gasteiger partial charge is 0.323 e. The molecular formula is C18H21NO3. The summed E-state index contributed by atoms with van der Waals surface area (Å²) >= 11 is 0. The minimum Gasteiger partial charge on any atom is -0.465 e. The van der Waals surface area contributed by atoms with Crippen LogP contribution in [-0.2, 0) is 16.0 Å². The molecule has 1 atom stereocenters. The summed E-state index contributed by atoms with van der Waals surface area (Å²) < 4.78 is 10.7. The lowest BCUT2D eigenvalue weighted by Crippen LogP contribution is -2.34. The van der Waals surface area contributed by atoms with E-state index in [1.807, 2.05) is 55.5 Å². The maximum absolute atomic E-state index is 11.6. The number of carbonyl (C=O) groups excluding carboxylic acids is 1. The number of hydrogen-bond donors (Lipinski definition) is 1. The Hall–Kier alpha value is -2.33. The fraction of sp³-hybridized carbons (Fsp3) is 0.278. The van der Waals surface area contributed by atoms with E-state index in [0.29, 0.717) is 13.0 Å². The van der Waals surface area contributed by atoms with Gasteiger partial charge in [-0.05, 0) is 50.1 Å². The molecule has 0 fully saturated rings. The summed E-state index contributed by atoms with van der Waals surface area (Å²) in [4.78, 5) is 11.6. The highest BCUT2D eigenvalue weighted by Crippen LogP contribution is 2.23. The fourth-order valence-corrected chi connectivity index (χ4v) is 2.06. The number of ether oxygens (including phenoxy) is 2. The maximum Gasteiger partial charge on any atom is 0.323 e. The van der Waals surface area contributed by atoms with Crippen LogP contribution in [0.2, 0.25) is 0 Å². The second kappa shape index (κ2) is 7.61. The van der Waals surface area contributed by atoms with Crippen LogP contribution in [-0.4, -0.2) is 18.6 Å². The first-order valence-corrected chi connectivity index (χ1v) is 7.34. The summed E-state index contributed by atoms with van der Waals surface area (Å²) in [7, 11) is 0. The average Bonchev–Trinajstić information content (AvgIpc) is 2.50. The molecule has 2 rings (SSSR count). The van der Waals surface area contributed by atoms with Crippen molar-refractivity contribution >= 4 is 5.97 Å². The van der Waals surface area contributed by atoms with Crippen LogP contribution in [0.1, 0.15) is 18.1 Å². The fourth-order valence-electron chi connectivity index (χ4n) is 2.06. The molecule has 0 saturated carbocycles. The maximum atomic E-state index is 11.6. The molecule has 1 unspecified atom stereocenters. The lowest BCUT2D eigenvalue weighted by Gasteiger charge is -2.12. The number of nitrogens with two attached hydrogens (primary N) is 1. The normalized spacial score (nSPS) is 11.8. The minimum atomic E-state index is -0.658. The largest absolute Gasteiger partial charge is 0.465 e. The molecule has 0 aliphatic rings.